The number of hydrogen-bond donors (Lipinski definition) is 0. The Morgan fingerprint density at radius 3 is 1.91 bits per heavy atom. The van der Waals surface area contributed by atoms with E-state index < -0.39 is 8.07 Å². The molecule has 1 aromatic carbocycles. The molecule has 1 aromatic rings. The van der Waals surface area contributed by atoms with Crippen LogP contribution in [0.3, 0.4) is 0 Å². The van der Waals surface area contributed by atoms with Crippen molar-refractivity contribution in [2.24, 2.45) is 0 Å². The van der Waals surface area contributed by atoms with E-state index in [1.165, 1.54) is 11.0 Å². The maximum Gasteiger partial charge on any atom is 0.178 e. The van der Waals surface area contributed by atoms with Crippen molar-refractivity contribution in [2.45, 2.75) is 38.7 Å². The lowest BCUT2D eigenvalue weighted by molar-refractivity contribution is 1.31. The molecule has 22 heavy (non-hydrogen) atoms. The Balaban J connectivity index is 3.55. The second-order valence-electron chi connectivity index (χ2n) is 6.75. The fourth-order valence-electron chi connectivity index (χ4n) is 3.12. The van der Waals surface area contributed by atoms with Crippen LogP contribution in [0.15, 0.2) is 73.8 Å². The molecule has 2 heteroatoms. The minimum absolute atomic E-state index is 0.481. The maximum absolute atomic E-state index is 3.99. The van der Waals surface area contributed by atoms with Gasteiger partial charge in [0, 0.05) is 0 Å². The highest BCUT2D eigenvalue weighted by atomic mass is 28.3. The first-order chi connectivity index (χ1) is 10.5. The summed E-state index contributed by atoms with van der Waals surface area (Å²) in [4.78, 5) is 0. The van der Waals surface area contributed by atoms with E-state index >= 15 is 0 Å². The summed E-state index contributed by atoms with van der Waals surface area (Å²) >= 11 is 0. The third-order valence-corrected chi connectivity index (χ3v) is 6.00. The zero-order valence-electron chi connectivity index (χ0n) is 14.4. The van der Waals surface area contributed by atoms with E-state index in [0.717, 1.165) is 19.1 Å². The Hall–Kier alpha value is -1.54. The van der Waals surface area contributed by atoms with Crippen molar-refractivity contribution in [3.63, 3.8) is 0 Å². The summed E-state index contributed by atoms with van der Waals surface area (Å²) in [5.41, 5.74) is 2.90. The number of benzene rings is 1. The first-order valence-electron chi connectivity index (χ1n) is 8.07. The van der Waals surface area contributed by atoms with Crippen molar-refractivity contribution in [2.75, 3.05) is 0 Å². The molecule has 0 atom stereocenters. The van der Waals surface area contributed by atoms with Crippen molar-refractivity contribution in [3.05, 3.63) is 79.3 Å². The summed E-state index contributed by atoms with van der Waals surface area (Å²) in [6.45, 7) is 19.7. The molecule has 0 saturated carbocycles. The Morgan fingerprint density at radius 2 is 1.50 bits per heavy atom. The fourth-order valence-corrected chi connectivity index (χ4v) is 5.42. The van der Waals surface area contributed by atoms with Gasteiger partial charge in [-0.1, -0.05) is 91.5 Å². The van der Waals surface area contributed by atoms with E-state index in [9.17, 15) is 0 Å². The fraction of sp³-hybridized carbons (Fsp3) is 0.300. The molecule has 0 fully saturated rings. The van der Waals surface area contributed by atoms with E-state index in [2.05, 4.69) is 69.7 Å². The monoisotopic (exact) mass is 308 g/mol. The van der Waals surface area contributed by atoms with Gasteiger partial charge in [-0.15, -0.1) is 19.7 Å². The molecule has 0 aromatic heterocycles. The average molecular weight is 308 g/mol. The van der Waals surface area contributed by atoms with Gasteiger partial charge >= 0.3 is 0 Å². The van der Waals surface area contributed by atoms with Gasteiger partial charge in [-0.05, 0) is 12.0 Å². The molecule has 0 spiro atoms. The van der Waals surface area contributed by atoms with Gasteiger partial charge in [0.15, 0.2) is 6.71 Å². The molecule has 0 radical (unpaired) electrons. The van der Waals surface area contributed by atoms with E-state index in [0.29, 0.717) is 6.71 Å². The lowest BCUT2D eigenvalue weighted by Gasteiger charge is -2.29. The largest absolute Gasteiger partial charge is 0.178 e. The summed E-state index contributed by atoms with van der Waals surface area (Å²) in [5, 5.41) is 1.57. The van der Waals surface area contributed by atoms with Gasteiger partial charge in [-0.25, -0.2) is 0 Å². The predicted octanol–water partition coefficient (Wildman–Crippen LogP) is 6.30. The van der Waals surface area contributed by atoms with Gasteiger partial charge in [0.2, 0.25) is 0 Å². The second-order valence-corrected chi connectivity index (χ2v) is 11.8. The molecule has 0 bridgehead atoms. The van der Waals surface area contributed by atoms with Crippen molar-refractivity contribution < 1.29 is 0 Å². The standard InChI is InChI=1S/C20H29BSi/c1-7-13-19(21(16-8-2)17-9-3)20(22(4,5)6)18-14-11-10-12-15-18/h7-12,14-15H,1-3,13,16-17H2,4-6H3/b20-19-. The quantitative estimate of drug-likeness (QED) is 0.371. The molecular formula is C20H29BSi. The average Bonchev–Trinajstić information content (AvgIpc) is 2.46. The van der Waals surface area contributed by atoms with Crippen LogP contribution in [-0.2, 0) is 0 Å². The summed E-state index contributed by atoms with van der Waals surface area (Å²) in [6.07, 6.45) is 9.04. The molecule has 0 saturated heterocycles. The maximum atomic E-state index is 3.99. The molecule has 0 aliphatic rings. The summed E-state index contributed by atoms with van der Waals surface area (Å²) < 4.78 is 0. The molecule has 0 heterocycles. The number of allylic oxidation sites excluding steroid dienone is 4. The third-order valence-electron chi connectivity index (χ3n) is 3.89. The molecule has 0 N–H and O–H groups in total. The van der Waals surface area contributed by atoms with Crippen LogP contribution in [0.4, 0.5) is 0 Å². The van der Waals surface area contributed by atoms with Gasteiger partial charge in [0.05, 0.1) is 8.07 Å². The molecule has 0 nitrogen and oxygen atoms in total. The molecule has 0 amide bonds. The third kappa shape index (κ3) is 5.03. The van der Waals surface area contributed by atoms with E-state index in [-0.39, 0.29) is 0 Å². The van der Waals surface area contributed by atoms with Crippen molar-refractivity contribution >= 4 is 20.0 Å². The van der Waals surface area contributed by atoms with E-state index in [1.54, 1.807) is 5.20 Å². The van der Waals surface area contributed by atoms with Crippen LogP contribution in [0.25, 0.3) is 5.20 Å². The van der Waals surface area contributed by atoms with Crippen LogP contribution in [0.5, 0.6) is 0 Å². The second kappa shape index (κ2) is 8.80. The minimum atomic E-state index is -1.49. The zero-order chi connectivity index (χ0) is 16.6. The topological polar surface area (TPSA) is 0 Å². The minimum Gasteiger partial charge on any atom is -0.104 e. The van der Waals surface area contributed by atoms with Crippen LogP contribution >= 0.6 is 0 Å². The first-order valence-corrected chi connectivity index (χ1v) is 11.6. The Kier molecular flexibility index (Phi) is 7.40. The number of rotatable bonds is 9. The smallest absolute Gasteiger partial charge is 0.104 e. The molecule has 1 rings (SSSR count). The summed E-state index contributed by atoms with van der Waals surface area (Å²) in [6, 6.07) is 10.8. The van der Waals surface area contributed by atoms with Gasteiger partial charge in [-0.3, -0.25) is 0 Å². The summed E-state index contributed by atoms with van der Waals surface area (Å²) in [5.74, 6) is 0. The van der Waals surface area contributed by atoms with Gasteiger partial charge < -0.3 is 0 Å². The van der Waals surface area contributed by atoms with Crippen LogP contribution in [0.2, 0.25) is 32.3 Å². The van der Waals surface area contributed by atoms with E-state index in [4.69, 9.17) is 0 Å². The Labute approximate surface area is 138 Å². The lowest BCUT2D eigenvalue weighted by atomic mass is 9.39. The normalized spacial score (nSPS) is 12.3. The van der Waals surface area contributed by atoms with Crippen LogP contribution in [-0.4, -0.2) is 14.8 Å². The highest BCUT2D eigenvalue weighted by Gasteiger charge is 2.28. The molecular weight excluding hydrogens is 279 g/mol. The molecule has 0 unspecified atom stereocenters. The highest BCUT2D eigenvalue weighted by Crippen LogP contribution is 2.33. The number of hydrogen-bond acceptors (Lipinski definition) is 0. The van der Waals surface area contributed by atoms with Crippen LogP contribution in [0.1, 0.15) is 12.0 Å². The van der Waals surface area contributed by atoms with Crippen molar-refractivity contribution in [1.29, 1.82) is 0 Å². The van der Waals surface area contributed by atoms with Crippen molar-refractivity contribution in [3.8, 4) is 0 Å². The SMILES string of the molecule is C=CCB(CC=C)/C(CC=C)=C(/c1ccccc1)[Si](C)(C)C. The van der Waals surface area contributed by atoms with E-state index in [1.807, 2.05) is 18.2 Å². The molecule has 0 aliphatic carbocycles. The lowest BCUT2D eigenvalue weighted by Crippen LogP contribution is -2.29. The molecule has 0 aliphatic heterocycles. The van der Waals surface area contributed by atoms with Gasteiger partial charge in [-0.2, -0.15) is 0 Å². The predicted molar refractivity (Wildman–Crippen MR) is 107 cm³/mol. The Bertz CT molecular complexity index is 525. The van der Waals surface area contributed by atoms with Crippen LogP contribution < -0.4 is 0 Å². The summed E-state index contributed by atoms with van der Waals surface area (Å²) in [7, 11) is -1.49. The van der Waals surface area contributed by atoms with Crippen molar-refractivity contribution in [1.82, 2.24) is 0 Å². The Morgan fingerprint density at radius 1 is 0.955 bits per heavy atom. The van der Waals surface area contributed by atoms with Crippen LogP contribution in [0, 0.1) is 0 Å². The molecule has 116 valence electrons. The first kappa shape index (κ1) is 18.5. The van der Waals surface area contributed by atoms with Gasteiger partial charge in [0.25, 0.3) is 0 Å². The zero-order valence-corrected chi connectivity index (χ0v) is 15.4. The highest BCUT2D eigenvalue weighted by molar-refractivity contribution is 6.95. The van der Waals surface area contributed by atoms with Gasteiger partial charge in [0.1, 0.15) is 0 Å².